The van der Waals surface area contributed by atoms with Crippen molar-refractivity contribution in [1.29, 1.82) is 0 Å². The predicted molar refractivity (Wildman–Crippen MR) is 72.6 cm³/mol. The molecule has 18 heavy (non-hydrogen) atoms. The Hall–Kier alpha value is -0.570. The molecule has 1 saturated carbocycles. The van der Waals surface area contributed by atoms with Crippen LogP contribution in [0.5, 0.6) is 0 Å². The molecule has 0 bridgehead atoms. The normalized spacial score (nSPS) is 37.4. The number of hydrogen-bond acceptors (Lipinski definition) is 2. The predicted octanol–water partition coefficient (Wildman–Crippen LogP) is 3.14. The lowest BCUT2D eigenvalue weighted by Gasteiger charge is -2.50. The van der Waals surface area contributed by atoms with Crippen molar-refractivity contribution in [2.24, 2.45) is 11.3 Å². The van der Waals surface area contributed by atoms with Crippen molar-refractivity contribution >= 4 is 5.97 Å². The van der Waals surface area contributed by atoms with Crippen molar-refractivity contribution in [1.82, 2.24) is 4.90 Å². The van der Waals surface area contributed by atoms with Gasteiger partial charge in [0.25, 0.3) is 0 Å². The van der Waals surface area contributed by atoms with Gasteiger partial charge in [-0.15, -0.1) is 0 Å². The molecule has 3 nitrogen and oxygen atoms in total. The zero-order chi connectivity index (χ0) is 13.3. The van der Waals surface area contributed by atoms with Gasteiger partial charge in [0.15, 0.2) is 0 Å². The maximum absolute atomic E-state index is 11.1. The number of likely N-dealkylation sites (tertiary alicyclic amines) is 1. The van der Waals surface area contributed by atoms with E-state index in [0.717, 1.165) is 19.4 Å². The highest BCUT2D eigenvalue weighted by Gasteiger charge is 2.40. The third-order valence-electron chi connectivity index (χ3n) is 5.13. The average Bonchev–Trinajstić information content (AvgIpc) is 2.29. The maximum atomic E-state index is 11.1. The van der Waals surface area contributed by atoms with Crippen molar-refractivity contribution in [3.05, 3.63) is 0 Å². The third kappa shape index (κ3) is 2.71. The van der Waals surface area contributed by atoms with Crippen LogP contribution in [-0.2, 0) is 4.79 Å². The minimum atomic E-state index is -0.607. The molecule has 3 heteroatoms. The standard InChI is InChI=1S/C15H27NO2/c1-11-10-12(14(17)18)7-9-16(11)13-6-4-5-8-15(13,2)3/h11-13H,4-10H2,1-3H3,(H,17,18). The van der Waals surface area contributed by atoms with Crippen molar-refractivity contribution in [2.75, 3.05) is 6.54 Å². The summed E-state index contributed by atoms with van der Waals surface area (Å²) in [6.45, 7) is 7.94. The molecular weight excluding hydrogens is 226 g/mol. The molecule has 3 atom stereocenters. The Balaban J connectivity index is 2.03. The Labute approximate surface area is 111 Å². The number of piperidine rings is 1. The van der Waals surface area contributed by atoms with E-state index in [-0.39, 0.29) is 5.92 Å². The molecule has 1 aliphatic heterocycles. The summed E-state index contributed by atoms with van der Waals surface area (Å²) in [5.41, 5.74) is 0.391. The number of rotatable bonds is 2. The van der Waals surface area contributed by atoms with Gasteiger partial charge < -0.3 is 5.11 Å². The van der Waals surface area contributed by atoms with Crippen LogP contribution in [0, 0.1) is 11.3 Å². The Kier molecular flexibility index (Phi) is 4.00. The van der Waals surface area contributed by atoms with E-state index in [2.05, 4.69) is 25.7 Å². The summed E-state index contributed by atoms with van der Waals surface area (Å²) in [6, 6.07) is 1.07. The van der Waals surface area contributed by atoms with Crippen molar-refractivity contribution < 1.29 is 9.90 Å². The minimum absolute atomic E-state index is 0.122. The van der Waals surface area contributed by atoms with Gasteiger partial charge in [-0.2, -0.15) is 0 Å². The molecule has 2 rings (SSSR count). The topological polar surface area (TPSA) is 40.5 Å². The monoisotopic (exact) mass is 253 g/mol. The summed E-state index contributed by atoms with van der Waals surface area (Å²) < 4.78 is 0. The maximum Gasteiger partial charge on any atom is 0.306 e. The third-order valence-corrected chi connectivity index (χ3v) is 5.13. The molecular formula is C15H27NO2. The Bertz CT molecular complexity index is 314. The molecule has 3 unspecified atom stereocenters. The van der Waals surface area contributed by atoms with Crippen LogP contribution in [0.25, 0.3) is 0 Å². The van der Waals surface area contributed by atoms with E-state index in [0.29, 0.717) is 17.5 Å². The molecule has 1 heterocycles. The number of carboxylic acid groups (broad SMARTS) is 1. The molecule has 1 saturated heterocycles. The zero-order valence-corrected chi connectivity index (χ0v) is 12.0. The van der Waals surface area contributed by atoms with Gasteiger partial charge in [-0.1, -0.05) is 26.7 Å². The van der Waals surface area contributed by atoms with Crippen molar-refractivity contribution in [2.45, 2.75) is 71.4 Å². The molecule has 0 radical (unpaired) electrons. The van der Waals surface area contributed by atoms with Gasteiger partial charge in [0.1, 0.15) is 0 Å². The van der Waals surface area contributed by atoms with Crippen LogP contribution in [0.15, 0.2) is 0 Å². The molecule has 1 N–H and O–H groups in total. The summed E-state index contributed by atoms with van der Waals surface area (Å²) in [7, 11) is 0. The number of hydrogen-bond donors (Lipinski definition) is 1. The van der Waals surface area contributed by atoms with E-state index < -0.39 is 5.97 Å². The summed E-state index contributed by atoms with van der Waals surface area (Å²) in [4.78, 5) is 13.7. The second-order valence-corrected chi connectivity index (χ2v) is 6.90. The first-order valence-corrected chi connectivity index (χ1v) is 7.40. The lowest BCUT2D eigenvalue weighted by molar-refractivity contribution is -0.145. The molecule has 0 amide bonds. The average molecular weight is 253 g/mol. The van der Waals surface area contributed by atoms with Crippen LogP contribution in [-0.4, -0.2) is 34.6 Å². The van der Waals surface area contributed by atoms with Gasteiger partial charge in [-0.25, -0.2) is 0 Å². The highest BCUT2D eigenvalue weighted by atomic mass is 16.4. The van der Waals surface area contributed by atoms with E-state index >= 15 is 0 Å². The van der Waals surface area contributed by atoms with Crippen LogP contribution in [0.1, 0.15) is 59.3 Å². The zero-order valence-electron chi connectivity index (χ0n) is 12.0. The van der Waals surface area contributed by atoms with Gasteiger partial charge >= 0.3 is 5.97 Å². The van der Waals surface area contributed by atoms with Crippen LogP contribution in [0.4, 0.5) is 0 Å². The number of carboxylic acids is 1. The van der Waals surface area contributed by atoms with Crippen LogP contribution in [0.2, 0.25) is 0 Å². The van der Waals surface area contributed by atoms with E-state index in [9.17, 15) is 4.79 Å². The molecule has 0 spiro atoms. The van der Waals surface area contributed by atoms with Gasteiger partial charge in [0.05, 0.1) is 5.92 Å². The molecule has 2 fully saturated rings. The first kappa shape index (κ1) is 13.9. The quantitative estimate of drug-likeness (QED) is 0.822. The van der Waals surface area contributed by atoms with E-state index in [1.165, 1.54) is 25.7 Å². The first-order valence-electron chi connectivity index (χ1n) is 7.40. The highest BCUT2D eigenvalue weighted by Crippen LogP contribution is 2.41. The first-order chi connectivity index (χ1) is 8.42. The lowest BCUT2D eigenvalue weighted by Crippen LogP contribution is -2.54. The smallest absolute Gasteiger partial charge is 0.306 e. The van der Waals surface area contributed by atoms with Crippen LogP contribution < -0.4 is 0 Å². The summed E-state index contributed by atoms with van der Waals surface area (Å²) in [6.07, 6.45) is 6.93. The van der Waals surface area contributed by atoms with Crippen molar-refractivity contribution in [3.63, 3.8) is 0 Å². The van der Waals surface area contributed by atoms with Crippen LogP contribution in [0.3, 0.4) is 0 Å². The summed E-state index contributed by atoms with van der Waals surface area (Å²) in [5.74, 6) is -0.729. The van der Waals surface area contributed by atoms with Crippen LogP contribution >= 0.6 is 0 Å². The van der Waals surface area contributed by atoms with E-state index in [1.807, 2.05) is 0 Å². The molecule has 2 aliphatic rings. The Morgan fingerprint density at radius 1 is 1.28 bits per heavy atom. The van der Waals surface area contributed by atoms with Gasteiger partial charge in [0, 0.05) is 12.1 Å². The van der Waals surface area contributed by atoms with Gasteiger partial charge in [-0.3, -0.25) is 9.69 Å². The largest absolute Gasteiger partial charge is 0.481 e. The fourth-order valence-electron chi connectivity index (χ4n) is 3.97. The fourth-order valence-corrected chi connectivity index (χ4v) is 3.97. The fraction of sp³-hybridized carbons (Fsp3) is 0.933. The van der Waals surface area contributed by atoms with Gasteiger partial charge in [-0.05, 0) is 44.6 Å². The molecule has 0 aromatic heterocycles. The molecule has 0 aromatic carbocycles. The summed E-state index contributed by atoms with van der Waals surface area (Å²) in [5, 5.41) is 9.14. The SMILES string of the molecule is CC1CC(C(=O)O)CCN1C1CCCCC1(C)C. The molecule has 0 aromatic rings. The Morgan fingerprint density at radius 3 is 2.56 bits per heavy atom. The Morgan fingerprint density at radius 2 is 2.00 bits per heavy atom. The number of nitrogens with zero attached hydrogens (tertiary/aromatic N) is 1. The molecule has 1 aliphatic carbocycles. The van der Waals surface area contributed by atoms with Crippen molar-refractivity contribution in [3.8, 4) is 0 Å². The molecule has 104 valence electrons. The minimum Gasteiger partial charge on any atom is -0.481 e. The highest BCUT2D eigenvalue weighted by molar-refractivity contribution is 5.70. The second-order valence-electron chi connectivity index (χ2n) is 6.90. The van der Waals surface area contributed by atoms with E-state index in [1.54, 1.807) is 0 Å². The lowest BCUT2D eigenvalue weighted by atomic mass is 9.71. The number of carbonyl (C=O) groups is 1. The summed E-state index contributed by atoms with van der Waals surface area (Å²) >= 11 is 0. The van der Waals surface area contributed by atoms with Gasteiger partial charge in [0.2, 0.25) is 0 Å². The second kappa shape index (κ2) is 5.20. The number of aliphatic carboxylic acids is 1. The van der Waals surface area contributed by atoms with E-state index in [4.69, 9.17) is 5.11 Å².